The molecule has 4 nitrogen and oxygen atoms in total. The van der Waals surface area contributed by atoms with Crippen molar-refractivity contribution in [1.29, 1.82) is 0 Å². The van der Waals surface area contributed by atoms with Gasteiger partial charge in [0, 0.05) is 36.9 Å². The summed E-state index contributed by atoms with van der Waals surface area (Å²) in [5.74, 6) is 0.0616. The van der Waals surface area contributed by atoms with E-state index >= 15 is 0 Å². The largest absolute Gasteiger partial charge is 0.382 e. The number of rotatable bonds is 5. The number of anilines is 2. The van der Waals surface area contributed by atoms with Crippen molar-refractivity contribution in [3.63, 3.8) is 0 Å². The molecule has 1 aliphatic rings. The number of hydrogen-bond donors (Lipinski definition) is 2. The van der Waals surface area contributed by atoms with Gasteiger partial charge < -0.3 is 15.5 Å². The Labute approximate surface area is 127 Å². The highest BCUT2D eigenvalue weighted by Crippen LogP contribution is 2.25. The fourth-order valence-electron chi connectivity index (χ4n) is 2.78. The van der Waals surface area contributed by atoms with E-state index in [1.54, 1.807) is 0 Å². The number of hydrogen-bond acceptors (Lipinski definition) is 3. The Morgan fingerprint density at radius 3 is 2.52 bits per heavy atom. The molecule has 1 amide bonds. The van der Waals surface area contributed by atoms with Gasteiger partial charge in [0.05, 0.1) is 0 Å². The molecule has 0 radical (unpaired) electrons. The summed E-state index contributed by atoms with van der Waals surface area (Å²) in [4.78, 5) is 14.1. The van der Waals surface area contributed by atoms with Gasteiger partial charge in [-0.2, -0.15) is 0 Å². The summed E-state index contributed by atoms with van der Waals surface area (Å²) >= 11 is 0. The molecule has 1 saturated heterocycles. The Morgan fingerprint density at radius 2 is 1.90 bits per heavy atom. The predicted molar refractivity (Wildman–Crippen MR) is 88.9 cm³/mol. The molecule has 2 rings (SSSR count). The monoisotopic (exact) mass is 289 g/mol. The lowest BCUT2D eigenvalue weighted by atomic mass is 10.0. The third kappa shape index (κ3) is 4.21. The fourth-order valence-corrected chi connectivity index (χ4v) is 2.78. The van der Waals surface area contributed by atoms with E-state index in [0.717, 1.165) is 23.5 Å². The molecular weight excluding hydrogens is 262 g/mol. The van der Waals surface area contributed by atoms with E-state index in [9.17, 15) is 4.79 Å². The molecule has 1 aromatic rings. The summed E-state index contributed by atoms with van der Waals surface area (Å²) in [6, 6.07) is 6.60. The molecule has 0 spiro atoms. The topological polar surface area (TPSA) is 44.4 Å². The van der Waals surface area contributed by atoms with Crippen LogP contribution < -0.4 is 10.6 Å². The quantitative estimate of drug-likeness (QED) is 0.874. The van der Waals surface area contributed by atoms with Crippen LogP contribution in [0, 0.1) is 6.92 Å². The second kappa shape index (κ2) is 7.46. The maximum atomic E-state index is 11.6. The van der Waals surface area contributed by atoms with Crippen LogP contribution in [0.1, 0.15) is 38.7 Å². The second-order valence-corrected chi connectivity index (χ2v) is 5.73. The Kier molecular flexibility index (Phi) is 5.62. The fraction of sp³-hybridized carbons (Fsp3) is 0.588. The van der Waals surface area contributed by atoms with E-state index in [4.69, 9.17) is 0 Å². The van der Waals surface area contributed by atoms with Gasteiger partial charge in [-0.05, 0) is 44.0 Å². The van der Waals surface area contributed by atoms with E-state index in [0.29, 0.717) is 12.5 Å². The molecule has 0 unspecified atom stereocenters. The van der Waals surface area contributed by atoms with Crippen molar-refractivity contribution in [3.8, 4) is 0 Å². The first-order chi connectivity index (χ1) is 10.1. The van der Waals surface area contributed by atoms with Crippen LogP contribution in [0.2, 0.25) is 0 Å². The molecule has 21 heavy (non-hydrogen) atoms. The highest BCUT2D eigenvalue weighted by Gasteiger charge is 2.18. The van der Waals surface area contributed by atoms with Crippen molar-refractivity contribution >= 4 is 17.3 Å². The van der Waals surface area contributed by atoms with Crippen molar-refractivity contribution in [2.24, 2.45) is 0 Å². The van der Waals surface area contributed by atoms with Crippen LogP contribution in [0.4, 0.5) is 11.4 Å². The third-order valence-corrected chi connectivity index (χ3v) is 4.32. The lowest BCUT2D eigenvalue weighted by molar-refractivity contribution is -0.115. The van der Waals surface area contributed by atoms with Crippen molar-refractivity contribution < 1.29 is 4.79 Å². The summed E-state index contributed by atoms with van der Waals surface area (Å²) in [7, 11) is 0. The van der Waals surface area contributed by atoms with E-state index < -0.39 is 0 Å². The lowest BCUT2D eigenvalue weighted by Gasteiger charge is -2.32. The molecule has 116 valence electrons. The van der Waals surface area contributed by atoms with E-state index in [1.165, 1.54) is 25.9 Å². The number of piperidine rings is 1. The molecule has 4 heteroatoms. The van der Waals surface area contributed by atoms with Crippen molar-refractivity contribution in [1.82, 2.24) is 4.90 Å². The van der Waals surface area contributed by atoms with Crippen LogP contribution in [-0.2, 0) is 4.79 Å². The van der Waals surface area contributed by atoms with Gasteiger partial charge in [-0.1, -0.05) is 19.9 Å². The van der Waals surface area contributed by atoms with Gasteiger partial charge in [-0.25, -0.2) is 0 Å². The molecule has 0 bridgehead atoms. The average Bonchev–Trinajstić information content (AvgIpc) is 2.52. The minimum Gasteiger partial charge on any atom is -0.382 e. The Balaban J connectivity index is 2.00. The second-order valence-electron chi connectivity index (χ2n) is 5.73. The molecule has 1 heterocycles. The first kappa shape index (κ1) is 15.8. The van der Waals surface area contributed by atoms with Crippen LogP contribution in [0.15, 0.2) is 18.2 Å². The van der Waals surface area contributed by atoms with Crippen molar-refractivity contribution in [2.45, 2.75) is 46.1 Å². The molecule has 2 N–H and O–H groups in total. The zero-order valence-electron chi connectivity index (χ0n) is 13.4. The number of nitrogens with zero attached hydrogens (tertiary/aromatic N) is 1. The van der Waals surface area contributed by atoms with Gasteiger partial charge >= 0.3 is 0 Å². The zero-order chi connectivity index (χ0) is 15.2. The van der Waals surface area contributed by atoms with Crippen LogP contribution in [0.3, 0.4) is 0 Å². The van der Waals surface area contributed by atoms with Crippen LogP contribution in [0.5, 0.6) is 0 Å². The summed E-state index contributed by atoms with van der Waals surface area (Å²) in [5, 5.41) is 6.61. The number of carbonyl (C=O) groups excluding carboxylic acids is 1. The summed E-state index contributed by atoms with van der Waals surface area (Å²) < 4.78 is 0. The van der Waals surface area contributed by atoms with Gasteiger partial charge in [-0.3, -0.25) is 4.79 Å². The summed E-state index contributed by atoms with van der Waals surface area (Å²) in [6.07, 6.45) is 2.87. The Hall–Kier alpha value is -1.55. The molecule has 0 aromatic heterocycles. The van der Waals surface area contributed by atoms with E-state index in [2.05, 4.69) is 35.4 Å². The molecular formula is C17H27N3O. The lowest BCUT2D eigenvalue weighted by Crippen LogP contribution is -2.38. The SMILES string of the molecule is CCC(=O)Nc1cccc(NC2CCN(CC)CC2)c1C. The smallest absolute Gasteiger partial charge is 0.224 e. The van der Waals surface area contributed by atoms with Gasteiger partial charge in [0.15, 0.2) is 0 Å². The normalized spacial score (nSPS) is 16.7. The van der Waals surface area contributed by atoms with Crippen LogP contribution in [-0.4, -0.2) is 36.5 Å². The number of nitrogens with one attached hydrogen (secondary N) is 2. The highest BCUT2D eigenvalue weighted by molar-refractivity contribution is 5.92. The van der Waals surface area contributed by atoms with Gasteiger partial charge in [-0.15, -0.1) is 0 Å². The first-order valence-electron chi connectivity index (χ1n) is 8.02. The maximum Gasteiger partial charge on any atom is 0.224 e. The predicted octanol–water partition coefficient (Wildman–Crippen LogP) is 3.24. The van der Waals surface area contributed by atoms with Crippen LogP contribution in [0.25, 0.3) is 0 Å². The highest BCUT2D eigenvalue weighted by atomic mass is 16.1. The number of benzene rings is 1. The number of amides is 1. The Bertz CT molecular complexity index is 479. The molecule has 1 aliphatic heterocycles. The zero-order valence-corrected chi connectivity index (χ0v) is 13.4. The standard InChI is InChI=1S/C17H27N3O/c1-4-17(21)19-16-8-6-7-15(13(16)3)18-14-9-11-20(5-2)12-10-14/h6-8,14,18H,4-5,9-12H2,1-3H3,(H,19,21). The number of likely N-dealkylation sites (tertiary alicyclic amines) is 1. The van der Waals surface area contributed by atoms with Crippen molar-refractivity contribution in [3.05, 3.63) is 23.8 Å². The van der Waals surface area contributed by atoms with E-state index in [-0.39, 0.29) is 5.91 Å². The average molecular weight is 289 g/mol. The van der Waals surface area contributed by atoms with Crippen molar-refractivity contribution in [2.75, 3.05) is 30.3 Å². The minimum atomic E-state index is 0.0616. The van der Waals surface area contributed by atoms with Gasteiger partial charge in [0.25, 0.3) is 0 Å². The van der Waals surface area contributed by atoms with Gasteiger partial charge in [0.2, 0.25) is 5.91 Å². The van der Waals surface area contributed by atoms with E-state index in [1.807, 2.05) is 19.1 Å². The molecule has 1 fully saturated rings. The summed E-state index contributed by atoms with van der Waals surface area (Å²) in [6.45, 7) is 9.63. The molecule has 0 aliphatic carbocycles. The number of carbonyl (C=O) groups is 1. The molecule has 0 saturated carbocycles. The molecule has 0 atom stereocenters. The first-order valence-corrected chi connectivity index (χ1v) is 8.02. The third-order valence-electron chi connectivity index (χ3n) is 4.32. The van der Waals surface area contributed by atoms with Crippen LogP contribution >= 0.6 is 0 Å². The summed E-state index contributed by atoms with van der Waals surface area (Å²) in [5.41, 5.74) is 3.17. The Morgan fingerprint density at radius 1 is 1.24 bits per heavy atom. The minimum absolute atomic E-state index is 0.0616. The maximum absolute atomic E-state index is 11.6. The molecule has 1 aromatic carbocycles. The van der Waals surface area contributed by atoms with Gasteiger partial charge in [0.1, 0.15) is 0 Å².